The monoisotopic (exact) mass is 522 g/mol. The van der Waals surface area contributed by atoms with Gasteiger partial charge in [-0.1, -0.05) is 60.7 Å². The summed E-state index contributed by atoms with van der Waals surface area (Å²) >= 11 is 0. The zero-order valence-electron chi connectivity index (χ0n) is 19.7. The molecule has 0 aliphatic carbocycles. The molecule has 0 saturated heterocycles. The second-order valence-corrected chi connectivity index (χ2v) is 6.67. The molecule has 188 valence electrons. The van der Waals surface area contributed by atoms with E-state index >= 15 is 0 Å². The Hall–Kier alpha value is -2.82. The van der Waals surface area contributed by atoms with Gasteiger partial charge in [-0.05, 0) is 43.0 Å². The van der Waals surface area contributed by atoms with Crippen LogP contribution >= 0.6 is 0 Å². The summed E-state index contributed by atoms with van der Waals surface area (Å²) in [5.41, 5.74) is 2.15. The van der Waals surface area contributed by atoms with Gasteiger partial charge in [0.25, 0.3) is 0 Å². The van der Waals surface area contributed by atoms with Crippen molar-refractivity contribution in [1.82, 2.24) is 0 Å². The van der Waals surface area contributed by atoms with Gasteiger partial charge in [0.05, 0.1) is 19.3 Å². The van der Waals surface area contributed by atoms with Crippen molar-refractivity contribution in [3.05, 3.63) is 104 Å². The van der Waals surface area contributed by atoms with Gasteiger partial charge in [0.15, 0.2) is 11.5 Å². The number of hydrogen-bond acceptors (Lipinski definition) is 4. The largest absolute Gasteiger partial charge is 0 e. The molecule has 2 atom stereocenters. The van der Waals surface area contributed by atoms with Gasteiger partial charge in [-0.3, -0.25) is 0 Å². The number of ether oxygens (including phenoxy) is 2. The van der Waals surface area contributed by atoms with E-state index in [1.165, 1.54) is 0 Å². The van der Waals surface area contributed by atoms with Gasteiger partial charge in [-0.15, -0.1) is 0 Å². The fourth-order valence-electron chi connectivity index (χ4n) is 2.83. The Morgan fingerprint density at radius 2 is 1.51 bits per heavy atom. The first-order chi connectivity index (χ1) is 16.6. The van der Waals surface area contributed by atoms with Crippen molar-refractivity contribution in [1.29, 1.82) is 0 Å². The van der Waals surface area contributed by atoms with Crippen molar-refractivity contribution in [3.63, 3.8) is 0 Å². The molecule has 35 heavy (non-hydrogen) atoms. The number of methoxy groups -OCH3 is 1. The van der Waals surface area contributed by atoms with Crippen LogP contribution in [0.1, 0.15) is 30.9 Å². The van der Waals surface area contributed by atoms with Gasteiger partial charge in [0.2, 0.25) is 0 Å². The molecule has 0 unspecified atom stereocenters. The van der Waals surface area contributed by atoms with Crippen LogP contribution in [0.4, 0.5) is 0 Å². The molecule has 2 aromatic rings. The number of aliphatic hydroxyl groups is 2. The second kappa shape index (κ2) is 25.8. The van der Waals surface area contributed by atoms with Crippen LogP contribution in [0, 0.1) is 20.0 Å². The van der Waals surface area contributed by atoms with E-state index in [-0.39, 0.29) is 17.1 Å². The molecule has 0 amide bonds. The molecule has 0 radical (unpaired) electrons. The Balaban J connectivity index is -0.00000135. The Morgan fingerprint density at radius 1 is 0.886 bits per heavy atom. The minimum Gasteiger partial charge on any atom is 0 e. The summed E-state index contributed by atoms with van der Waals surface area (Å²) in [5.74, 6) is 1.37. The van der Waals surface area contributed by atoms with Crippen molar-refractivity contribution < 1.29 is 50.7 Å². The van der Waals surface area contributed by atoms with Crippen LogP contribution in [-0.4, -0.2) is 29.5 Å². The van der Waals surface area contributed by atoms with Crippen molar-refractivity contribution in [2.24, 2.45) is 0 Å². The number of hydrogen-bond donors (Lipinski definition) is 2. The summed E-state index contributed by atoms with van der Waals surface area (Å²) in [6, 6.07) is 15.8. The summed E-state index contributed by atoms with van der Waals surface area (Å²) in [6.07, 6.45) is 7.60. The van der Waals surface area contributed by atoms with Gasteiger partial charge < -0.3 is 19.7 Å². The number of rotatable bonds is 11. The zero-order chi connectivity index (χ0) is 26.2. The summed E-state index contributed by atoms with van der Waals surface area (Å²) in [4.78, 5) is 0. The zero-order valence-corrected chi connectivity index (χ0v) is 20.8. The standard InChI is InChI=1S/C24H30O4.3CO.Fe/c1-3-4-6-11-21(25)17-22(26)14-12-19-13-15-23(24(16-19)27-2)28-18-20-9-7-5-8-10-20;3*1-2;/h3-11,13,15-16,21-22,25-26H,12,14,17-18H2,1-2H3;;;;/b4-3+,11-6+;;;;/t21-,22+;;;;/m0..../s1. The predicted octanol–water partition coefficient (Wildman–Crippen LogP) is 4.34. The molecule has 0 bridgehead atoms. The quantitative estimate of drug-likeness (QED) is 0.198. The van der Waals surface area contributed by atoms with Crippen LogP contribution in [0.3, 0.4) is 0 Å². The van der Waals surface area contributed by atoms with Crippen molar-refractivity contribution in [2.75, 3.05) is 7.11 Å². The Bertz CT molecular complexity index is 875. The first kappa shape index (κ1) is 36.7. The van der Waals surface area contributed by atoms with Gasteiger partial charge in [0, 0.05) is 23.5 Å². The third kappa shape index (κ3) is 17.3. The van der Waals surface area contributed by atoms with Crippen molar-refractivity contribution >= 4 is 0 Å². The molecule has 0 saturated carbocycles. The van der Waals surface area contributed by atoms with Gasteiger partial charge in [-0.25, -0.2) is 0 Å². The normalized spacial score (nSPS) is 11.1. The minimum atomic E-state index is -0.644. The van der Waals surface area contributed by atoms with E-state index in [4.69, 9.17) is 23.4 Å². The number of benzene rings is 2. The molecule has 2 aromatic carbocycles. The predicted molar refractivity (Wildman–Crippen MR) is 124 cm³/mol. The van der Waals surface area contributed by atoms with E-state index in [2.05, 4.69) is 20.0 Å². The maximum absolute atomic E-state index is 10.2. The van der Waals surface area contributed by atoms with Crippen LogP contribution in [0.2, 0.25) is 0 Å². The van der Waals surface area contributed by atoms with Crippen LogP contribution in [-0.2, 0) is 44.1 Å². The maximum atomic E-state index is 10.2. The van der Waals surface area contributed by atoms with E-state index in [1.807, 2.05) is 67.6 Å². The third-order valence-corrected chi connectivity index (χ3v) is 4.38. The molecule has 8 heteroatoms. The SMILES string of the molecule is C/C=C/C=C/[C@H](O)C[C@H](O)CCc1ccc(OCc2ccccc2)c(OC)c1.[C-]#[O+].[C-]#[O+].[C-]#[O+].[Fe]. The van der Waals surface area contributed by atoms with E-state index in [0.717, 1.165) is 11.1 Å². The first-order valence-corrected chi connectivity index (χ1v) is 10.2. The van der Waals surface area contributed by atoms with E-state index < -0.39 is 12.2 Å². The van der Waals surface area contributed by atoms with Gasteiger partial charge >= 0.3 is 33.9 Å². The van der Waals surface area contributed by atoms with Gasteiger partial charge in [0.1, 0.15) is 6.61 Å². The molecule has 7 nitrogen and oxygen atoms in total. The molecule has 0 aliphatic rings. The molecule has 2 N–H and O–H groups in total. The molecule has 0 heterocycles. The Morgan fingerprint density at radius 3 is 2.09 bits per heavy atom. The summed E-state index contributed by atoms with van der Waals surface area (Å²) in [5, 5.41) is 20.1. The molecular weight excluding hydrogens is 492 g/mol. The maximum Gasteiger partial charge on any atom is 0 e. The van der Waals surface area contributed by atoms with Crippen LogP contribution in [0.5, 0.6) is 11.5 Å². The molecular formula is C27H30FeO7. The number of aliphatic hydroxyl groups excluding tert-OH is 2. The van der Waals surface area contributed by atoms with Crippen LogP contribution in [0.25, 0.3) is 0 Å². The smallest absolute Gasteiger partial charge is 0 e. The molecule has 2 rings (SSSR count). The summed E-state index contributed by atoms with van der Waals surface area (Å²) in [7, 11) is 1.62. The summed E-state index contributed by atoms with van der Waals surface area (Å²) in [6.45, 7) is 15.9. The van der Waals surface area contributed by atoms with Gasteiger partial charge in [-0.2, -0.15) is 0 Å². The fourth-order valence-corrected chi connectivity index (χ4v) is 2.83. The Kier molecular flexibility index (Phi) is 27.1. The Labute approximate surface area is 218 Å². The summed E-state index contributed by atoms with van der Waals surface area (Å²) < 4.78 is 33.8. The third-order valence-electron chi connectivity index (χ3n) is 4.38. The van der Waals surface area contributed by atoms with E-state index in [0.29, 0.717) is 37.4 Å². The van der Waals surface area contributed by atoms with E-state index in [1.54, 1.807) is 19.3 Å². The molecule has 0 spiro atoms. The average molecular weight is 522 g/mol. The first-order valence-electron chi connectivity index (χ1n) is 10.2. The average Bonchev–Trinajstić information content (AvgIpc) is 2.90. The molecule has 0 fully saturated rings. The number of aryl methyl sites for hydroxylation is 1. The number of allylic oxidation sites excluding steroid dienone is 3. The topological polar surface area (TPSA) is 119 Å². The van der Waals surface area contributed by atoms with E-state index in [9.17, 15) is 10.2 Å². The van der Waals surface area contributed by atoms with Crippen molar-refractivity contribution in [3.8, 4) is 11.5 Å². The minimum absolute atomic E-state index is 0. The molecule has 0 aromatic heterocycles. The fraction of sp³-hybridized carbons (Fsp3) is 0.296. The second-order valence-electron chi connectivity index (χ2n) is 6.67. The molecule has 0 aliphatic heterocycles. The van der Waals surface area contributed by atoms with Crippen LogP contribution < -0.4 is 9.47 Å². The van der Waals surface area contributed by atoms with Crippen molar-refractivity contribution in [2.45, 2.75) is 45.0 Å². The van der Waals surface area contributed by atoms with Crippen LogP contribution in [0.15, 0.2) is 72.8 Å².